The third kappa shape index (κ3) is 4.24. The minimum atomic E-state index is -0.763. The van der Waals surface area contributed by atoms with E-state index >= 15 is 0 Å². The van der Waals surface area contributed by atoms with Crippen molar-refractivity contribution >= 4 is 44.9 Å². The number of fused-ring (bicyclic) bond motifs is 1. The van der Waals surface area contributed by atoms with Crippen LogP contribution in [0, 0.1) is 20.2 Å². The van der Waals surface area contributed by atoms with Gasteiger partial charge in [-0.2, -0.15) is 0 Å². The van der Waals surface area contributed by atoms with E-state index in [1.165, 1.54) is 0 Å². The molecule has 170 valence electrons. The minimum absolute atomic E-state index is 0.107. The van der Waals surface area contributed by atoms with E-state index in [0.717, 1.165) is 35.0 Å². The predicted octanol–water partition coefficient (Wildman–Crippen LogP) is 6.94. The van der Waals surface area contributed by atoms with Crippen LogP contribution in [0.15, 0.2) is 89.1 Å². The van der Waals surface area contributed by atoms with Crippen molar-refractivity contribution in [2.45, 2.75) is 6.92 Å². The first-order valence-electron chi connectivity index (χ1n) is 10.3. The quantitative estimate of drug-likeness (QED) is 0.181. The number of azo groups is 1. The molecule has 0 fully saturated rings. The molecular formula is C24H19N5O5. The van der Waals surface area contributed by atoms with Gasteiger partial charge in [-0.3, -0.25) is 20.2 Å². The second-order valence-corrected chi connectivity index (χ2v) is 7.28. The molecule has 4 rings (SSSR count). The largest absolute Gasteiger partial charge is 0.505 e. The van der Waals surface area contributed by atoms with E-state index in [1.54, 1.807) is 18.2 Å². The Morgan fingerprint density at radius 2 is 1.47 bits per heavy atom. The third-order valence-corrected chi connectivity index (χ3v) is 5.28. The maximum Gasteiger partial charge on any atom is 0.303 e. The lowest BCUT2D eigenvalue weighted by molar-refractivity contribution is -0.393. The van der Waals surface area contributed by atoms with E-state index in [2.05, 4.69) is 15.1 Å². The Balaban J connectivity index is 1.86. The number of nitro groups is 2. The highest BCUT2D eigenvalue weighted by molar-refractivity contribution is 6.03. The molecule has 0 radical (unpaired) electrons. The number of aromatic hydroxyl groups is 1. The van der Waals surface area contributed by atoms with E-state index in [-0.39, 0.29) is 17.1 Å². The number of nitrogens with zero attached hydrogens (tertiary/aromatic N) is 5. The Bertz CT molecular complexity index is 1420. The zero-order chi connectivity index (χ0) is 24.2. The zero-order valence-corrected chi connectivity index (χ0v) is 18.0. The van der Waals surface area contributed by atoms with Crippen LogP contribution in [0.2, 0.25) is 0 Å². The normalized spacial score (nSPS) is 11.1. The van der Waals surface area contributed by atoms with Crippen LogP contribution in [-0.2, 0) is 0 Å². The highest BCUT2D eigenvalue weighted by atomic mass is 16.6. The summed E-state index contributed by atoms with van der Waals surface area (Å²) in [5.41, 5.74) is 0.667. The molecular weight excluding hydrogens is 438 g/mol. The van der Waals surface area contributed by atoms with E-state index < -0.39 is 21.2 Å². The van der Waals surface area contributed by atoms with E-state index in [0.29, 0.717) is 11.9 Å². The summed E-state index contributed by atoms with van der Waals surface area (Å²) in [5.74, 6) is -0.128. The fourth-order valence-corrected chi connectivity index (χ4v) is 3.69. The molecule has 0 aliphatic carbocycles. The number of non-ortho nitro benzene ring substituents is 1. The lowest BCUT2D eigenvalue weighted by Crippen LogP contribution is -2.16. The first-order valence-corrected chi connectivity index (χ1v) is 10.3. The second kappa shape index (κ2) is 9.33. The van der Waals surface area contributed by atoms with Crippen molar-refractivity contribution in [3.8, 4) is 5.75 Å². The van der Waals surface area contributed by atoms with Gasteiger partial charge in [0.2, 0.25) is 0 Å². The zero-order valence-electron chi connectivity index (χ0n) is 18.0. The summed E-state index contributed by atoms with van der Waals surface area (Å²) in [6.45, 7) is 2.62. The molecule has 34 heavy (non-hydrogen) atoms. The molecule has 0 heterocycles. The molecule has 0 saturated heterocycles. The number of nitro benzene ring substituents is 2. The van der Waals surface area contributed by atoms with Gasteiger partial charge in [0.05, 0.1) is 21.6 Å². The molecule has 0 aromatic heterocycles. The molecule has 0 aliphatic heterocycles. The van der Waals surface area contributed by atoms with Crippen LogP contribution < -0.4 is 4.90 Å². The van der Waals surface area contributed by atoms with Crippen LogP contribution in [0.3, 0.4) is 0 Å². The number of rotatable bonds is 7. The maximum atomic E-state index is 11.4. The summed E-state index contributed by atoms with van der Waals surface area (Å²) in [4.78, 5) is 23.0. The summed E-state index contributed by atoms with van der Waals surface area (Å²) in [6, 6.07) is 21.7. The molecule has 0 bridgehead atoms. The third-order valence-electron chi connectivity index (χ3n) is 5.28. The second-order valence-electron chi connectivity index (χ2n) is 7.28. The van der Waals surface area contributed by atoms with Gasteiger partial charge >= 0.3 is 5.69 Å². The number of benzene rings is 4. The lowest BCUT2D eigenvalue weighted by atomic mass is 10.0. The monoisotopic (exact) mass is 457 g/mol. The molecule has 4 aromatic rings. The topological polar surface area (TPSA) is 134 Å². The molecule has 10 nitrogen and oxygen atoms in total. The van der Waals surface area contributed by atoms with Gasteiger partial charge in [-0.05, 0) is 31.2 Å². The van der Waals surface area contributed by atoms with Gasteiger partial charge in [0.15, 0.2) is 11.4 Å². The van der Waals surface area contributed by atoms with Crippen molar-refractivity contribution in [3.05, 3.63) is 99.1 Å². The maximum absolute atomic E-state index is 11.4. The molecule has 10 heteroatoms. The van der Waals surface area contributed by atoms with Crippen molar-refractivity contribution in [2.24, 2.45) is 10.2 Å². The Morgan fingerprint density at radius 3 is 2.12 bits per heavy atom. The molecule has 4 aromatic carbocycles. The highest BCUT2D eigenvalue weighted by Gasteiger charge is 2.20. The van der Waals surface area contributed by atoms with Gasteiger partial charge in [-0.1, -0.05) is 42.5 Å². The number of anilines is 2. The van der Waals surface area contributed by atoms with Crippen molar-refractivity contribution in [1.82, 2.24) is 0 Å². The van der Waals surface area contributed by atoms with Gasteiger partial charge in [0.25, 0.3) is 5.69 Å². The Morgan fingerprint density at radius 1 is 0.824 bits per heavy atom. The van der Waals surface area contributed by atoms with Crippen LogP contribution in [0.5, 0.6) is 5.75 Å². The summed E-state index contributed by atoms with van der Waals surface area (Å²) in [7, 11) is 0. The summed E-state index contributed by atoms with van der Waals surface area (Å²) in [5, 5.41) is 42.6. The van der Waals surface area contributed by atoms with E-state index in [4.69, 9.17) is 0 Å². The van der Waals surface area contributed by atoms with E-state index in [1.807, 2.05) is 49.4 Å². The Labute approximate surface area is 193 Å². The Kier molecular flexibility index (Phi) is 6.13. The number of para-hydroxylation sites is 1. The highest BCUT2D eigenvalue weighted by Crippen LogP contribution is 2.44. The fraction of sp³-hybridized carbons (Fsp3) is 0.0833. The fourth-order valence-electron chi connectivity index (χ4n) is 3.69. The van der Waals surface area contributed by atoms with Gasteiger partial charge in [0, 0.05) is 29.1 Å². The number of phenolic OH excluding ortho intramolecular Hbond substituents is 1. The average molecular weight is 457 g/mol. The molecule has 0 saturated carbocycles. The van der Waals surface area contributed by atoms with Gasteiger partial charge in [0.1, 0.15) is 5.69 Å². The standard InChI is InChI=1S/C24H19N5O5/c1-2-27(16-8-4-3-5-9-16)22-15-21(24(30)19-11-7-6-10-18(19)22)26-25-20-13-12-17(28(31)32)14-23(20)29(33)34/h3-15,30H,2H2,1H3. The molecule has 0 spiro atoms. The first-order chi connectivity index (χ1) is 16.4. The molecule has 0 amide bonds. The van der Waals surface area contributed by atoms with Crippen molar-refractivity contribution < 1.29 is 15.0 Å². The predicted molar refractivity (Wildman–Crippen MR) is 129 cm³/mol. The van der Waals surface area contributed by atoms with Crippen molar-refractivity contribution in [2.75, 3.05) is 11.4 Å². The van der Waals surface area contributed by atoms with Crippen LogP contribution in [0.25, 0.3) is 10.8 Å². The molecule has 0 aliphatic rings. The van der Waals surface area contributed by atoms with Crippen LogP contribution in [0.4, 0.5) is 34.1 Å². The average Bonchev–Trinajstić information content (AvgIpc) is 2.85. The summed E-state index contributed by atoms with van der Waals surface area (Å²) >= 11 is 0. The number of hydrogen-bond acceptors (Lipinski definition) is 8. The van der Waals surface area contributed by atoms with E-state index in [9.17, 15) is 25.3 Å². The molecule has 0 atom stereocenters. The van der Waals surface area contributed by atoms with Crippen LogP contribution in [-0.4, -0.2) is 21.5 Å². The van der Waals surface area contributed by atoms with Crippen molar-refractivity contribution in [3.63, 3.8) is 0 Å². The van der Waals surface area contributed by atoms with Gasteiger partial charge in [-0.25, -0.2) is 0 Å². The number of phenols is 1. The SMILES string of the molecule is CCN(c1ccccc1)c1cc(N=Nc2ccc([N+](=O)[O-])cc2[N+](=O)[O-])c(O)c2ccccc12. The smallest absolute Gasteiger partial charge is 0.303 e. The summed E-state index contributed by atoms with van der Waals surface area (Å²) < 4.78 is 0. The minimum Gasteiger partial charge on any atom is -0.505 e. The summed E-state index contributed by atoms with van der Waals surface area (Å²) in [6.07, 6.45) is 0. The molecule has 1 N–H and O–H groups in total. The van der Waals surface area contributed by atoms with Gasteiger partial charge < -0.3 is 10.0 Å². The molecule has 0 unspecified atom stereocenters. The first kappa shape index (κ1) is 22.3. The van der Waals surface area contributed by atoms with Gasteiger partial charge in [-0.15, -0.1) is 10.2 Å². The van der Waals surface area contributed by atoms with Crippen LogP contribution >= 0.6 is 0 Å². The van der Waals surface area contributed by atoms with Crippen molar-refractivity contribution in [1.29, 1.82) is 0 Å². The Hall–Kier alpha value is -4.86. The van der Waals surface area contributed by atoms with Crippen LogP contribution in [0.1, 0.15) is 6.92 Å². The lowest BCUT2D eigenvalue weighted by Gasteiger charge is -2.25. The number of hydrogen-bond donors (Lipinski definition) is 1.